The third-order valence-electron chi connectivity index (χ3n) is 2.24. The van der Waals surface area contributed by atoms with Crippen LogP contribution in [0.25, 0.3) is 11.0 Å². The number of aliphatic carboxylic acids is 1. The summed E-state index contributed by atoms with van der Waals surface area (Å²) >= 11 is 0. The van der Waals surface area contributed by atoms with E-state index in [-0.39, 0.29) is 11.0 Å². The maximum atomic E-state index is 13.0. The van der Waals surface area contributed by atoms with Gasteiger partial charge in [0, 0.05) is 5.39 Å². The van der Waals surface area contributed by atoms with Gasteiger partial charge in [-0.1, -0.05) is 0 Å². The topological polar surface area (TPSA) is 93.8 Å². The van der Waals surface area contributed by atoms with Crippen LogP contribution >= 0.6 is 0 Å². The summed E-state index contributed by atoms with van der Waals surface area (Å²) < 4.78 is 22.2. The molecular formula is C12H7FO6. The summed E-state index contributed by atoms with van der Waals surface area (Å²) in [4.78, 5) is 33.2. The highest BCUT2D eigenvalue weighted by Crippen LogP contribution is 2.15. The fourth-order valence-corrected chi connectivity index (χ4v) is 1.44. The molecule has 98 valence electrons. The van der Waals surface area contributed by atoms with E-state index in [0.717, 1.165) is 18.2 Å². The fourth-order valence-electron chi connectivity index (χ4n) is 1.44. The summed E-state index contributed by atoms with van der Waals surface area (Å²) in [7, 11) is 0. The minimum absolute atomic E-state index is 0.112. The summed E-state index contributed by atoms with van der Waals surface area (Å²) in [5, 5.41) is 8.55. The van der Waals surface area contributed by atoms with E-state index in [1.54, 1.807) is 0 Å². The predicted octanol–water partition coefficient (Wildman–Crippen LogP) is 1.17. The second kappa shape index (κ2) is 4.89. The Bertz CT molecular complexity index is 718. The quantitative estimate of drug-likeness (QED) is 0.662. The molecular weight excluding hydrogens is 259 g/mol. The number of esters is 1. The number of hydrogen-bond donors (Lipinski definition) is 1. The lowest BCUT2D eigenvalue weighted by Gasteiger charge is -2.02. The molecule has 6 nitrogen and oxygen atoms in total. The van der Waals surface area contributed by atoms with Crippen LogP contribution in [0.5, 0.6) is 0 Å². The molecule has 0 amide bonds. The summed E-state index contributed by atoms with van der Waals surface area (Å²) in [6.07, 6.45) is 0. The van der Waals surface area contributed by atoms with E-state index >= 15 is 0 Å². The molecule has 2 aromatic rings. The van der Waals surface area contributed by atoms with Crippen molar-refractivity contribution in [2.24, 2.45) is 0 Å². The Kier molecular flexibility index (Phi) is 3.28. The van der Waals surface area contributed by atoms with Gasteiger partial charge in [-0.25, -0.2) is 18.8 Å². The highest BCUT2D eigenvalue weighted by molar-refractivity contribution is 5.93. The largest absolute Gasteiger partial charge is 0.479 e. The van der Waals surface area contributed by atoms with Gasteiger partial charge in [-0.2, -0.15) is 0 Å². The molecule has 0 saturated heterocycles. The number of ether oxygens (including phenoxy) is 1. The number of carbonyl (C=O) groups is 2. The molecule has 1 aromatic carbocycles. The van der Waals surface area contributed by atoms with Gasteiger partial charge < -0.3 is 14.3 Å². The molecule has 19 heavy (non-hydrogen) atoms. The minimum Gasteiger partial charge on any atom is -0.479 e. The first kappa shape index (κ1) is 12.7. The first-order chi connectivity index (χ1) is 8.97. The molecule has 0 radical (unpaired) electrons. The van der Waals surface area contributed by atoms with Crippen LogP contribution in [0.15, 0.2) is 33.5 Å². The smallest absolute Gasteiger partial charge is 0.351 e. The van der Waals surface area contributed by atoms with Crippen molar-refractivity contribution in [1.29, 1.82) is 0 Å². The number of rotatable bonds is 3. The Morgan fingerprint density at radius 3 is 2.74 bits per heavy atom. The Labute approximate surface area is 105 Å². The first-order valence-electron chi connectivity index (χ1n) is 5.09. The summed E-state index contributed by atoms with van der Waals surface area (Å²) in [5.41, 5.74) is -1.35. The lowest BCUT2D eigenvalue weighted by molar-refractivity contribution is -0.140. The maximum Gasteiger partial charge on any atom is 0.351 e. The van der Waals surface area contributed by atoms with Gasteiger partial charge in [0.15, 0.2) is 6.61 Å². The first-order valence-corrected chi connectivity index (χ1v) is 5.09. The van der Waals surface area contributed by atoms with E-state index in [2.05, 4.69) is 4.74 Å². The van der Waals surface area contributed by atoms with Gasteiger partial charge in [-0.05, 0) is 24.3 Å². The molecule has 0 saturated carbocycles. The van der Waals surface area contributed by atoms with Gasteiger partial charge >= 0.3 is 17.6 Å². The van der Waals surface area contributed by atoms with Gasteiger partial charge in [0.25, 0.3) is 0 Å². The Hall–Kier alpha value is -2.70. The zero-order valence-electron chi connectivity index (χ0n) is 9.38. The van der Waals surface area contributed by atoms with Gasteiger partial charge in [0.05, 0.1) is 0 Å². The predicted molar refractivity (Wildman–Crippen MR) is 60.4 cm³/mol. The summed E-state index contributed by atoms with van der Waals surface area (Å²) in [6, 6.07) is 4.52. The second-order valence-electron chi connectivity index (χ2n) is 3.60. The SMILES string of the molecule is O=C(O)COC(=O)c1cc2cc(F)ccc2oc1=O. The summed E-state index contributed by atoms with van der Waals surface area (Å²) in [6.45, 7) is -0.876. The van der Waals surface area contributed by atoms with Crippen LogP contribution in [0.1, 0.15) is 10.4 Å². The van der Waals surface area contributed by atoms with E-state index in [4.69, 9.17) is 9.52 Å². The molecule has 1 heterocycles. The van der Waals surface area contributed by atoms with Crippen molar-refractivity contribution >= 4 is 22.9 Å². The Balaban J connectivity index is 2.43. The van der Waals surface area contributed by atoms with Crippen LogP contribution in [-0.2, 0) is 9.53 Å². The number of hydrogen-bond acceptors (Lipinski definition) is 5. The number of fused-ring (bicyclic) bond motifs is 1. The van der Waals surface area contributed by atoms with E-state index < -0.39 is 35.6 Å². The van der Waals surface area contributed by atoms with Crippen molar-refractivity contribution in [1.82, 2.24) is 0 Å². The van der Waals surface area contributed by atoms with Crippen molar-refractivity contribution in [3.8, 4) is 0 Å². The molecule has 0 bridgehead atoms. The highest BCUT2D eigenvalue weighted by Gasteiger charge is 2.16. The Morgan fingerprint density at radius 2 is 2.05 bits per heavy atom. The van der Waals surface area contributed by atoms with Crippen LogP contribution in [0.4, 0.5) is 4.39 Å². The molecule has 0 spiro atoms. The van der Waals surface area contributed by atoms with Gasteiger partial charge in [0.1, 0.15) is 17.0 Å². The highest BCUT2D eigenvalue weighted by atomic mass is 19.1. The average molecular weight is 266 g/mol. The molecule has 0 aliphatic heterocycles. The Morgan fingerprint density at radius 1 is 1.32 bits per heavy atom. The third-order valence-corrected chi connectivity index (χ3v) is 2.24. The molecule has 0 aliphatic rings. The second-order valence-corrected chi connectivity index (χ2v) is 3.60. The van der Waals surface area contributed by atoms with Crippen molar-refractivity contribution in [2.45, 2.75) is 0 Å². The third kappa shape index (κ3) is 2.76. The van der Waals surface area contributed by atoms with E-state index in [1.165, 1.54) is 6.07 Å². The lowest BCUT2D eigenvalue weighted by atomic mass is 10.2. The molecule has 0 aliphatic carbocycles. The van der Waals surface area contributed by atoms with E-state index in [9.17, 15) is 18.8 Å². The average Bonchev–Trinajstić information content (AvgIpc) is 2.35. The minimum atomic E-state index is -1.36. The van der Waals surface area contributed by atoms with Gasteiger partial charge in [0.2, 0.25) is 0 Å². The van der Waals surface area contributed by atoms with Crippen LogP contribution < -0.4 is 5.63 Å². The standard InChI is InChI=1S/C12H7FO6/c13-7-1-2-9-6(3-7)4-8(12(17)19-9)11(16)18-5-10(14)15/h1-4H,5H2,(H,14,15). The van der Waals surface area contributed by atoms with Crippen molar-refractivity contribution in [2.75, 3.05) is 6.61 Å². The monoisotopic (exact) mass is 266 g/mol. The van der Waals surface area contributed by atoms with Crippen LogP contribution in [0, 0.1) is 5.82 Å². The van der Waals surface area contributed by atoms with E-state index in [0.29, 0.717) is 0 Å². The summed E-state index contributed by atoms with van der Waals surface area (Å²) in [5.74, 6) is -3.06. The number of carboxylic acid groups (broad SMARTS) is 1. The molecule has 1 aromatic heterocycles. The van der Waals surface area contributed by atoms with Crippen LogP contribution in [0.2, 0.25) is 0 Å². The van der Waals surface area contributed by atoms with E-state index in [1.807, 2.05) is 0 Å². The van der Waals surface area contributed by atoms with Crippen molar-refractivity contribution in [3.63, 3.8) is 0 Å². The molecule has 0 unspecified atom stereocenters. The fraction of sp³-hybridized carbons (Fsp3) is 0.0833. The van der Waals surface area contributed by atoms with Crippen LogP contribution in [-0.4, -0.2) is 23.7 Å². The molecule has 7 heteroatoms. The zero-order chi connectivity index (χ0) is 14.0. The van der Waals surface area contributed by atoms with Crippen LogP contribution in [0.3, 0.4) is 0 Å². The van der Waals surface area contributed by atoms with Gasteiger partial charge in [-0.15, -0.1) is 0 Å². The number of benzene rings is 1. The number of carboxylic acids is 1. The molecule has 2 rings (SSSR count). The zero-order valence-corrected chi connectivity index (χ0v) is 9.38. The lowest BCUT2D eigenvalue weighted by Crippen LogP contribution is -2.19. The molecule has 0 fully saturated rings. The number of carbonyl (C=O) groups excluding carboxylic acids is 1. The van der Waals surface area contributed by atoms with Crippen molar-refractivity contribution in [3.05, 3.63) is 46.1 Å². The maximum absolute atomic E-state index is 13.0. The number of halogens is 1. The molecule has 0 atom stereocenters. The normalized spacial score (nSPS) is 10.4. The van der Waals surface area contributed by atoms with Crippen molar-refractivity contribution < 1.29 is 28.2 Å². The molecule has 1 N–H and O–H groups in total. The van der Waals surface area contributed by atoms with Gasteiger partial charge in [-0.3, -0.25) is 0 Å².